The highest BCUT2D eigenvalue weighted by atomic mass is 79.9. The van der Waals surface area contributed by atoms with Gasteiger partial charge in [0.2, 0.25) is 0 Å². The summed E-state index contributed by atoms with van der Waals surface area (Å²) in [6, 6.07) is 13.8. The van der Waals surface area contributed by atoms with Crippen molar-refractivity contribution >= 4 is 15.9 Å². The first kappa shape index (κ1) is 15.2. The van der Waals surface area contributed by atoms with Crippen LogP contribution in [0.5, 0.6) is 0 Å². The van der Waals surface area contributed by atoms with E-state index in [1.165, 1.54) is 17.2 Å². The molecule has 2 aromatic rings. The molecule has 0 fully saturated rings. The summed E-state index contributed by atoms with van der Waals surface area (Å²) < 4.78 is 14.7. The quantitative estimate of drug-likeness (QED) is 0.828. The zero-order valence-electron chi connectivity index (χ0n) is 11.8. The Hall–Kier alpha value is -1.19. The van der Waals surface area contributed by atoms with E-state index in [1.54, 1.807) is 0 Å². The van der Waals surface area contributed by atoms with Crippen LogP contribution in [-0.2, 0) is 6.42 Å². The van der Waals surface area contributed by atoms with Crippen LogP contribution in [0.1, 0.15) is 29.7 Å². The van der Waals surface area contributed by atoms with Crippen LogP contribution in [0, 0.1) is 12.7 Å². The summed E-state index contributed by atoms with van der Waals surface area (Å²) >= 11 is 3.29. The summed E-state index contributed by atoms with van der Waals surface area (Å²) in [5.41, 5.74) is 3.17. The van der Waals surface area contributed by atoms with Crippen LogP contribution in [0.4, 0.5) is 4.39 Å². The van der Waals surface area contributed by atoms with Crippen molar-refractivity contribution in [2.75, 3.05) is 6.54 Å². The molecule has 1 nitrogen and oxygen atoms in total. The average molecular weight is 336 g/mol. The van der Waals surface area contributed by atoms with Gasteiger partial charge in [0.15, 0.2) is 0 Å². The first-order chi connectivity index (χ1) is 9.60. The highest BCUT2D eigenvalue weighted by Gasteiger charge is 2.13. The average Bonchev–Trinajstić information content (AvgIpc) is 2.42. The van der Waals surface area contributed by atoms with E-state index < -0.39 is 0 Å². The SMILES string of the molecule is CCNC(Cc1ccc(Br)cc1F)c1ccc(C)cc1. The topological polar surface area (TPSA) is 12.0 Å². The molecule has 0 aliphatic heterocycles. The van der Waals surface area contributed by atoms with E-state index in [2.05, 4.69) is 59.4 Å². The van der Waals surface area contributed by atoms with Gasteiger partial charge in [0, 0.05) is 10.5 Å². The Morgan fingerprint density at radius 1 is 1.15 bits per heavy atom. The van der Waals surface area contributed by atoms with Gasteiger partial charge in [0.25, 0.3) is 0 Å². The van der Waals surface area contributed by atoms with Crippen LogP contribution in [0.2, 0.25) is 0 Å². The first-order valence-electron chi connectivity index (χ1n) is 6.84. The highest BCUT2D eigenvalue weighted by Crippen LogP contribution is 2.22. The van der Waals surface area contributed by atoms with Crippen molar-refractivity contribution in [2.45, 2.75) is 26.3 Å². The Balaban J connectivity index is 2.22. The van der Waals surface area contributed by atoms with Crippen molar-refractivity contribution in [3.05, 3.63) is 69.4 Å². The second kappa shape index (κ2) is 7.00. The fourth-order valence-corrected chi connectivity index (χ4v) is 2.59. The van der Waals surface area contributed by atoms with E-state index in [-0.39, 0.29) is 11.9 Å². The fraction of sp³-hybridized carbons (Fsp3) is 0.294. The maximum atomic E-state index is 14.0. The van der Waals surface area contributed by atoms with Gasteiger partial charge in [-0.05, 0) is 43.1 Å². The minimum atomic E-state index is -0.158. The summed E-state index contributed by atoms with van der Waals surface area (Å²) in [6.07, 6.45) is 0.649. The van der Waals surface area contributed by atoms with Gasteiger partial charge < -0.3 is 5.32 Å². The number of hydrogen-bond donors (Lipinski definition) is 1. The molecular formula is C17H19BrFN. The lowest BCUT2D eigenvalue weighted by atomic mass is 9.97. The summed E-state index contributed by atoms with van der Waals surface area (Å²) in [5.74, 6) is -0.158. The number of hydrogen-bond acceptors (Lipinski definition) is 1. The fourth-order valence-electron chi connectivity index (χ4n) is 2.26. The van der Waals surface area contributed by atoms with Crippen molar-refractivity contribution in [1.82, 2.24) is 5.32 Å². The molecule has 1 N–H and O–H groups in total. The number of aryl methyl sites for hydroxylation is 1. The third kappa shape index (κ3) is 3.90. The number of benzene rings is 2. The standard InChI is InChI=1S/C17H19BrFN/c1-3-20-17(13-6-4-12(2)5-7-13)10-14-8-9-15(18)11-16(14)19/h4-9,11,17,20H,3,10H2,1-2H3. The molecule has 106 valence electrons. The van der Waals surface area contributed by atoms with E-state index >= 15 is 0 Å². The van der Waals surface area contributed by atoms with Crippen molar-refractivity contribution in [1.29, 1.82) is 0 Å². The number of likely N-dealkylation sites (N-methyl/N-ethyl adjacent to an activating group) is 1. The van der Waals surface area contributed by atoms with Crippen LogP contribution in [0.15, 0.2) is 46.9 Å². The molecule has 0 heterocycles. The second-order valence-electron chi connectivity index (χ2n) is 4.96. The molecule has 0 aliphatic carbocycles. The zero-order chi connectivity index (χ0) is 14.5. The Kier molecular flexibility index (Phi) is 5.32. The molecule has 2 rings (SSSR count). The second-order valence-corrected chi connectivity index (χ2v) is 5.88. The van der Waals surface area contributed by atoms with Crippen molar-refractivity contribution in [2.24, 2.45) is 0 Å². The molecule has 3 heteroatoms. The maximum absolute atomic E-state index is 14.0. The number of rotatable bonds is 5. The molecule has 0 aromatic heterocycles. The molecule has 0 radical (unpaired) electrons. The van der Waals surface area contributed by atoms with Gasteiger partial charge in [0.05, 0.1) is 0 Å². The van der Waals surface area contributed by atoms with E-state index in [9.17, 15) is 4.39 Å². The normalized spacial score (nSPS) is 12.4. The molecule has 2 aromatic carbocycles. The van der Waals surface area contributed by atoms with E-state index in [0.717, 1.165) is 16.6 Å². The molecular weight excluding hydrogens is 317 g/mol. The Bertz CT molecular complexity index is 566. The third-order valence-corrected chi connectivity index (χ3v) is 3.86. The van der Waals surface area contributed by atoms with Gasteiger partial charge in [-0.15, -0.1) is 0 Å². The molecule has 1 unspecified atom stereocenters. The van der Waals surface area contributed by atoms with Crippen molar-refractivity contribution < 1.29 is 4.39 Å². The van der Waals surface area contributed by atoms with Crippen LogP contribution >= 0.6 is 15.9 Å². The van der Waals surface area contributed by atoms with Gasteiger partial charge in [0.1, 0.15) is 5.82 Å². The van der Waals surface area contributed by atoms with Crippen LogP contribution in [-0.4, -0.2) is 6.54 Å². The Labute approximate surface area is 128 Å². The molecule has 0 bridgehead atoms. The van der Waals surface area contributed by atoms with Crippen LogP contribution < -0.4 is 5.32 Å². The summed E-state index contributed by atoms with van der Waals surface area (Å²) in [6.45, 7) is 5.00. The molecule has 1 atom stereocenters. The van der Waals surface area contributed by atoms with Gasteiger partial charge >= 0.3 is 0 Å². The Morgan fingerprint density at radius 2 is 1.85 bits per heavy atom. The molecule has 0 aliphatic rings. The maximum Gasteiger partial charge on any atom is 0.127 e. The predicted octanol–water partition coefficient (Wildman–Crippen LogP) is 4.79. The zero-order valence-corrected chi connectivity index (χ0v) is 13.4. The summed E-state index contributed by atoms with van der Waals surface area (Å²) in [5, 5.41) is 3.43. The smallest absolute Gasteiger partial charge is 0.127 e. The molecule has 0 saturated heterocycles. The summed E-state index contributed by atoms with van der Waals surface area (Å²) in [4.78, 5) is 0. The molecule has 0 spiro atoms. The van der Waals surface area contributed by atoms with E-state index in [4.69, 9.17) is 0 Å². The predicted molar refractivity (Wildman–Crippen MR) is 85.4 cm³/mol. The van der Waals surface area contributed by atoms with Gasteiger partial charge in [-0.3, -0.25) is 0 Å². The van der Waals surface area contributed by atoms with Gasteiger partial charge in [-0.2, -0.15) is 0 Å². The third-order valence-electron chi connectivity index (χ3n) is 3.37. The minimum absolute atomic E-state index is 0.135. The van der Waals surface area contributed by atoms with E-state index in [1.807, 2.05) is 12.1 Å². The molecule has 20 heavy (non-hydrogen) atoms. The minimum Gasteiger partial charge on any atom is -0.310 e. The van der Waals surface area contributed by atoms with Gasteiger partial charge in [-0.25, -0.2) is 4.39 Å². The Morgan fingerprint density at radius 3 is 2.45 bits per heavy atom. The van der Waals surface area contributed by atoms with Crippen molar-refractivity contribution in [3.8, 4) is 0 Å². The summed E-state index contributed by atoms with van der Waals surface area (Å²) in [7, 11) is 0. The lowest BCUT2D eigenvalue weighted by Gasteiger charge is -2.19. The van der Waals surface area contributed by atoms with Crippen molar-refractivity contribution in [3.63, 3.8) is 0 Å². The monoisotopic (exact) mass is 335 g/mol. The lowest BCUT2D eigenvalue weighted by molar-refractivity contribution is 0.527. The van der Waals surface area contributed by atoms with Gasteiger partial charge in [-0.1, -0.05) is 58.7 Å². The largest absolute Gasteiger partial charge is 0.310 e. The van der Waals surface area contributed by atoms with E-state index in [0.29, 0.717) is 6.42 Å². The highest BCUT2D eigenvalue weighted by molar-refractivity contribution is 9.10. The number of halogens is 2. The molecule has 0 amide bonds. The van der Waals surface area contributed by atoms with Crippen LogP contribution in [0.3, 0.4) is 0 Å². The molecule has 0 saturated carbocycles. The lowest BCUT2D eigenvalue weighted by Crippen LogP contribution is -2.23. The van der Waals surface area contributed by atoms with Crippen LogP contribution in [0.25, 0.3) is 0 Å². The number of nitrogens with one attached hydrogen (secondary N) is 1. The first-order valence-corrected chi connectivity index (χ1v) is 7.63.